The number of nitrogens with one attached hydrogen (secondary N) is 1. The fraction of sp³-hybridized carbons (Fsp3) is 0.238. The maximum atomic E-state index is 13.9. The minimum absolute atomic E-state index is 0.268. The molecule has 0 saturated heterocycles. The standard InChI is InChI=1S/C21H22FN3O2/c1-4-27-19-12-8-6-10-17(19)21(26)23-20-14(2)24-25(15(20)3)13-16-9-5-7-11-18(16)22/h5-12H,4,13H2,1-3H3,(H,23,26). The van der Waals surface area contributed by atoms with Crippen molar-refractivity contribution >= 4 is 11.6 Å². The number of anilines is 1. The van der Waals surface area contributed by atoms with E-state index in [2.05, 4.69) is 10.4 Å². The van der Waals surface area contributed by atoms with E-state index >= 15 is 0 Å². The van der Waals surface area contributed by atoms with E-state index < -0.39 is 0 Å². The van der Waals surface area contributed by atoms with Crippen molar-refractivity contribution in [1.29, 1.82) is 0 Å². The van der Waals surface area contributed by atoms with Crippen LogP contribution in [0.3, 0.4) is 0 Å². The van der Waals surface area contributed by atoms with E-state index in [9.17, 15) is 9.18 Å². The number of hydrogen-bond donors (Lipinski definition) is 1. The average Bonchev–Trinajstić information content (AvgIpc) is 2.92. The summed E-state index contributed by atoms with van der Waals surface area (Å²) in [6.45, 7) is 6.31. The van der Waals surface area contributed by atoms with Gasteiger partial charge in [-0.2, -0.15) is 5.10 Å². The molecule has 0 radical (unpaired) electrons. The normalized spacial score (nSPS) is 10.7. The third kappa shape index (κ3) is 4.00. The summed E-state index contributed by atoms with van der Waals surface area (Å²) in [6, 6.07) is 13.7. The summed E-state index contributed by atoms with van der Waals surface area (Å²) in [5.41, 5.74) is 3.06. The quantitative estimate of drug-likeness (QED) is 0.705. The minimum Gasteiger partial charge on any atom is -0.493 e. The lowest BCUT2D eigenvalue weighted by Gasteiger charge is -2.11. The van der Waals surface area contributed by atoms with E-state index in [4.69, 9.17) is 4.74 Å². The lowest BCUT2D eigenvalue weighted by Crippen LogP contribution is -2.15. The monoisotopic (exact) mass is 367 g/mol. The molecular weight excluding hydrogens is 345 g/mol. The second-order valence-electron chi connectivity index (χ2n) is 6.18. The molecule has 5 nitrogen and oxygen atoms in total. The highest BCUT2D eigenvalue weighted by molar-refractivity contribution is 6.06. The Balaban J connectivity index is 1.85. The van der Waals surface area contributed by atoms with Crippen molar-refractivity contribution in [1.82, 2.24) is 9.78 Å². The van der Waals surface area contributed by atoms with Gasteiger partial charge in [0.25, 0.3) is 5.91 Å². The summed E-state index contributed by atoms with van der Waals surface area (Å²) >= 11 is 0. The highest BCUT2D eigenvalue weighted by atomic mass is 19.1. The average molecular weight is 367 g/mol. The van der Waals surface area contributed by atoms with Crippen LogP contribution >= 0.6 is 0 Å². The van der Waals surface area contributed by atoms with Gasteiger partial charge < -0.3 is 10.1 Å². The smallest absolute Gasteiger partial charge is 0.259 e. The molecule has 0 aliphatic heterocycles. The Morgan fingerprint density at radius 2 is 1.85 bits per heavy atom. The van der Waals surface area contributed by atoms with Gasteiger partial charge in [-0.25, -0.2) is 4.39 Å². The molecule has 1 heterocycles. The van der Waals surface area contributed by atoms with Crippen LogP contribution in [-0.4, -0.2) is 22.3 Å². The second kappa shape index (κ2) is 8.03. The zero-order valence-electron chi connectivity index (χ0n) is 15.6. The van der Waals surface area contributed by atoms with E-state index in [1.807, 2.05) is 26.8 Å². The van der Waals surface area contributed by atoms with Gasteiger partial charge in [-0.1, -0.05) is 30.3 Å². The molecule has 3 aromatic rings. The van der Waals surface area contributed by atoms with Gasteiger partial charge in [-0.3, -0.25) is 9.48 Å². The number of amides is 1. The number of nitrogens with zero attached hydrogens (tertiary/aromatic N) is 2. The van der Waals surface area contributed by atoms with Crippen molar-refractivity contribution in [2.75, 3.05) is 11.9 Å². The Morgan fingerprint density at radius 3 is 2.59 bits per heavy atom. The van der Waals surface area contributed by atoms with Crippen LogP contribution in [0.25, 0.3) is 0 Å². The predicted octanol–water partition coefficient (Wildman–Crippen LogP) is 4.34. The van der Waals surface area contributed by atoms with Gasteiger partial charge in [0, 0.05) is 5.56 Å². The number of aromatic nitrogens is 2. The topological polar surface area (TPSA) is 56.1 Å². The predicted molar refractivity (Wildman–Crippen MR) is 103 cm³/mol. The molecule has 1 amide bonds. The molecule has 1 N–H and O–H groups in total. The zero-order chi connectivity index (χ0) is 19.4. The Bertz CT molecular complexity index is 966. The maximum absolute atomic E-state index is 13.9. The molecule has 0 aliphatic carbocycles. The number of para-hydroxylation sites is 1. The van der Waals surface area contributed by atoms with E-state index in [-0.39, 0.29) is 11.7 Å². The fourth-order valence-corrected chi connectivity index (χ4v) is 2.94. The molecule has 3 rings (SSSR count). The van der Waals surface area contributed by atoms with Gasteiger partial charge in [0.15, 0.2) is 0 Å². The number of aryl methyl sites for hydroxylation is 1. The Morgan fingerprint density at radius 1 is 1.15 bits per heavy atom. The molecule has 0 fully saturated rings. The van der Waals surface area contributed by atoms with Crippen molar-refractivity contribution in [3.63, 3.8) is 0 Å². The van der Waals surface area contributed by atoms with Gasteiger partial charge in [0.2, 0.25) is 0 Å². The SMILES string of the molecule is CCOc1ccccc1C(=O)Nc1c(C)nn(Cc2ccccc2F)c1C. The summed E-state index contributed by atoms with van der Waals surface area (Å²) in [6.07, 6.45) is 0. The molecule has 140 valence electrons. The van der Waals surface area contributed by atoms with Crippen LogP contribution < -0.4 is 10.1 Å². The number of benzene rings is 2. The van der Waals surface area contributed by atoms with Crippen LogP contribution in [0, 0.1) is 19.7 Å². The molecule has 27 heavy (non-hydrogen) atoms. The van der Waals surface area contributed by atoms with Crippen molar-refractivity contribution < 1.29 is 13.9 Å². The van der Waals surface area contributed by atoms with Crippen molar-refractivity contribution in [2.24, 2.45) is 0 Å². The van der Waals surface area contributed by atoms with Crippen LogP contribution in [-0.2, 0) is 6.54 Å². The Kier molecular flexibility index (Phi) is 5.54. The number of carbonyl (C=O) groups excluding carboxylic acids is 1. The molecule has 0 bridgehead atoms. The van der Waals surface area contributed by atoms with Crippen LogP contribution in [0.2, 0.25) is 0 Å². The lowest BCUT2D eigenvalue weighted by atomic mass is 10.1. The van der Waals surface area contributed by atoms with Gasteiger partial charge in [-0.05, 0) is 39.0 Å². The summed E-state index contributed by atoms with van der Waals surface area (Å²) < 4.78 is 21.2. The summed E-state index contributed by atoms with van der Waals surface area (Å²) in [7, 11) is 0. The van der Waals surface area contributed by atoms with Crippen LogP contribution in [0.4, 0.5) is 10.1 Å². The minimum atomic E-state index is -0.277. The van der Waals surface area contributed by atoms with Gasteiger partial charge in [0.1, 0.15) is 11.6 Å². The van der Waals surface area contributed by atoms with Crippen LogP contribution in [0.1, 0.15) is 34.2 Å². The number of ether oxygens (including phenoxy) is 1. The van der Waals surface area contributed by atoms with Gasteiger partial charge >= 0.3 is 0 Å². The van der Waals surface area contributed by atoms with Crippen LogP contribution in [0.15, 0.2) is 48.5 Å². The molecule has 1 aromatic heterocycles. The maximum Gasteiger partial charge on any atom is 0.259 e. The largest absolute Gasteiger partial charge is 0.493 e. The van der Waals surface area contributed by atoms with Crippen molar-refractivity contribution in [3.8, 4) is 5.75 Å². The van der Waals surface area contributed by atoms with Crippen LogP contribution in [0.5, 0.6) is 5.75 Å². The summed E-state index contributed by atoms with van der Waals surface area (Å²) in [4.78, 5) is 12.7. The highest BCUT2D eigenvalue weighted by Crippen LogP contribution is 2.24. The molecule has 6 heteroatoms. The molecule has 0 aliphatic rings. The molecule has 0 spiro atoms. The first-order chi connectivity index (χ1) is 13.0. The van der Waals surface area contributed by atoms with Crippen molar-refractivity contribution in [2.45, 2.75) is 27.3 Å². The molecular formula is C21H22FN3O2. The Hall–Kier alpha value is -3.15. The van der Waals surface area contributed by atoms with Gasteiger partial charge in [0.05, 0.1) is 35.8 Å². The number of halogens is 1. The lowest BCUT2D eigenvalue weighted by molar-refractivity contribution is 0.102. The summed E-state index contributed by atoms with van der Waals surface area (Å²) in [5.74, 6) is -0.0106. The van der Waals surface area contributed by atoms with E-state index in [1.54, 1.807) is 41.1 Å². The first kappa shape index (κ1) is 18.6. The molecule has 0 atom stereocenters. The fourth-order valence-electron chi connectivity index (χ4n) is 2.94. The third-order valence-corrected chi connectivity index (χ3v) is 4.33. The highest BCUT2D eigenvalue weighted by Gasteiger charge is 2.18. The van der Waals surface area contributed by atoms with E-state index in [1.165, 1.54) is 6.07 Å². The first-order valence-electron chi connectivity index (χ1n) is 8.81. The number of carbonyl (C=O) groups is 1. The molecule has 0 unspecified atom stereocenters. The number of hydrogen-bond acceptors (Lipinski definition) is 3. The second-order valence-corrected chi connectivity index (χ2v) is 6.18. The van der Waals surface area contributed by atoms with Gasteiger partial charge in [-0.15, -0.1) is 0 Å². The van der Waals surface area contributed by atoms with E-state index in [0.29, 0.717) is 41.4 Å². The molecule has 2 aromatic carbocycles. The molecule has 0 saturated carbocycles. The Labute approximate surface area is 157 Å². The number of rotatable bonds is 6. The zero-order valence-corrected chi connectivity index (χ0v) is 15.6. The van der Waals surface area contributed by atoms with E-state index in [0.717, 1.165) is 5.69 Å². The summed E-state index contributed by atoms with van der Waals surface area (Å²) in [5, 5.41) is 7.37. The first-order valence-corrected chi connectivity index (χ1v) is 8.81. The van der Waals surface area contributed by atoms with Crippen molar-refractivity contribution in [3.05, 3.63) is 76.9 Å². The third-order valence-electron chi connectivity index (χ3n) is 4.33.